The van der Waals surface area contributed by atoms with Gasteiger partial charge in [-0.1, -0.05) is 22.5 Å². The maximum Gasteiger partial charge on any atom is 0.261 e. The number of amides is 1. The molecule has 0 saturated heterocycles. The van der Waals surface area contributed by atoms with Crippen LogP contribution in [-0.2, 0) is 11.3 Å². The molecule has 0 spiro atoms. The van der Waals surface area contributed by atoms with E-state index in [4.69, 9.17) is 25.9 Å². The zero-order valence-electron chi connectivity index (χ0n) is 12.9. The highest BCUT2D eigenvalue weighted by molar-refractivity contribution is 6.31. The van der Waals surface area contributed by atoms with Gasteiger partial charge in [0.25, 0.3) is 5.91 Å². The topological polar surface area (TPSA) is 87.5 Å². The number of nitrogens with zero attached hydrogens (tertiary/aromatic N) is 3. The molecule has 8 nitrogen and oxygen atoms in total. The lowest BCUT2D eigenvalue weighted by atomic mass is 10.2. The van der Waals surface area contributed by atoms with Gasteiger partial charge in [-0.15, -0.1) is 5.10 Å². The van der Waals surface area contributed by atoms with Crippen LogP contribution in [-0.4, -0.2) is 34.5 Å². The summed E-state index contributed by atoms with van der Waals surface area (Å²) in [4.78, 5) is 18.5. The van der Waals surface area contributed by atoms with E-state index >= 15 is 0 Å². The van der Waals surface area contributed by atoms with Gasteiger partial charge in [-0.25, -0.2) is 0 Å². The molecule has 1 amide bonds. The maximum absolute atomic E-state index is 12.0. The van der Waals surface area contributed by atoms with E-state index in [1.807, 2.05) is 18.2 Å². The minimum absolute atomic E-state index is 0.199. The van der Waals surface area contributed by atoms with Crippen LogP contribution >= 0.6 is 11.6 Å². The van der Waals surface area contributed by atoms with E-state index in [-0.39, 0.29) is 19.3 Å². The van der Waals surface area contributed by atoms with Crippen molar-refractivity contribution >= 4 is 28.5 Å². The SMILES string of the molecule is O=C(COn1nnc2ccc(Cl)cc21)NCc1ccc2c(c1)OCO2. The van der Waals surface area contributed by atoms with Crippen molar-refractivity contribution < 1.29 is 19.1 Å². The highest BCUT2D eigenvalue weighted by atomic mass is 35.5. The Bertz CT molecular complexity index is 943. The lowest BCUT2D eigenvalue weighted by molar-refractivity contribution is -0.126. The van der Waals surface area contributed by atoms with Gasteiger partial charge in [-0.05, 0) is 41.1 Å². The zero-order valence-corrected chi connectivity index (χ0v) is 13.7. The number of halogens is 1. The molecule has 0 saturated carbocycles. The van der Waals surface area contributed by atoms with Crippen molar-refractivity contribution in [2.45, 2.75) is 6.54 Å². The van der Waals surface area contributed by atoms with Crippen LogP contribution < -0.4 is 19.6 Å². The number of rotatable bonds is 5. The molecule has 25 heavy (non-hydrogen) atoms. The number of fused-ring (bicyclic) bond motifs is 2. The van der Waals surface area contributed by atoms with E-state index in [9.17, 15) is 4.79 Å². The van der Waals surface area contributed by atoms with Gasteiger partial charge in [0, 0.05) is 11.6 Å². The number of carbonyl (C=O) groups excluding carboxylic acids is 1. The zero-order chi connectivity index (χ0) is 17.2. The Morgan fingerprint density at radius 3 is 3.04 bits per heavy atom. The normalized spacial score (nSPS) is 12.4. The third-order valence-corrected chi connectivity index (χ3v) is 3.86. The Kier molecular flexibility index (Phi) is 4.02. The summed E-state index contributed by atoms with van der Waals surface area (Å²) >= 11 is 5.95. The Morgan fingerprint density at radius 2 is 2.12 bits per heavy atom. The molecule has 0 atom stereocenters. The second-order valence-electron chi connectivity index (χ2n) is 5.33. The lowest BCUT2D eigenvalue weighted by Gasteiger charge is -2.07. The van der Waals surface area contributed by atoms with E-state index in [0.29, 0.717) is 34.1 Å². The largest absolute Gasteiger partial charge is 0.454 e. The monoisotopic (exact) mass is 360 g/mol. The number of hydrogen-bond acceptors (Lipinski definition) is 6. The van der Waals surface area contributed by atoms with Crippen LogP contribution in [0, 0.1) is 0 Å². The van der Waals surface area contributed by atoms with Crippen molar-refractivity contribution in [1.82, 2.24) is 20.5 Å². The molecule has 1 N–H and O–H groups in total. The third kappa shape index (κ3) is 3.29. The Morgan fingerprint density at radius 1 is 1.24 bits per heavy atom. The van der Waals surface area contributed by atoms with E-state index in [0.717, 1.165) is 5.56 Å². The van der Waals surface area contributed by atoms with Gasteiger partial charge in [0.2, 0.25) is 6.79 Å². The molecular weight excluding hydrogens is 348 g/mol. The summed E-state index contributed by atoms with van der Waals surface area (Å²) in [5.41, 5.74) is 2.12. The molecule has 0 fully saturated rings. The molecular formula is C16H13ClN4O4. The Hall–Kier alpha value is -3.00. The number of carbonyl (C=O) groups is 1. The molecule has 3 aromatic rings. The van der Waals surface area contributed by atoms with Crippen LogP contribution in [0.3, 0.4) is 0 Å². The molecule has 0 unspecified atom stereocenters. The van der Waals surface area contributed by atoms with E-state index < -0.39 is 0 Å². The van der Waals surface area contributed by atoms with E-state index in [2.05, 4.69) is 15.6 Å². The molecule has 0 bridgehead atoms. The van der Waals surface area contributed by atoms with Gasteiger partial charge >= 0.3 is 0 Å². The second-order valence-corrected chi connectivity index (χ2v) is 5.77. The summed E-state index contributed by atoms with van der Waals surface area (Å²) in [6.45, 7) is 0.368. The molecule has 128 valence electrons. The molecule has 4 rings (SSSR count). The highest BCUT2D eigenvalue weighted by Gasteiger charge is 2.14. The molecule has 0 radical (unpaired) electrons. The van der Waals surface area contributed by atoms with Gasteiger partial charge in [0.05, 0.1) is 0 Å². The van der Waals surface area contributed by atoms with Gasteiger partial charge in [0.1, 0.15) is 11.0 Å². The first-order chi connectivity index (χ1) is 12.2. The van der Waals surface area contributed by atoms with Crippen LogP contribution in [0.5, 0.6) is 11.5 Å². The van der Waals surface area contributed by atoms with Crippen LogP contribution in [0.2, 0.25) is 5.02 Å². The Labute approximate surface area is 147 Å². The van der Waals surface area contributed by atoms with Crippen LogP contribution in [0.1, 0.15) is 5.56 Å². The second kappa shape index (κ2) is 6.48. The van der Waals surface area contributed by atoms with Gasteiger partial charge in [-0.3, -0.25) is 4.79 Å². The quantitative estimate of drug-likeness (QED) is 0.743. The first-order valence-corrected chi connectivity index (χ1v) is 7.86. The smallest absolute Gasteiger partial charge is 0.261 e. The summed E-state index contributed by atoms with van der Waals surface area (Å²) in [6, 6.07) is 10.6. The first kappa shape index (κ1) is 15.5. The molecule has 2 aromatic carbocycles. The van der Waals surface area contributed by atoms with Crippen molar-refractivity contribution in [1.29, 1.82) is 0 Å². The predicted molar refractivity (Wildman–Crippen MR) is 88.4 cm³/mol. The fourth-order valence-corrected chi connectivity index (χ4v) is 2.56. The van der Waals surface area contributed by atoms with Crippen molar-refractivity contribution in [3.05, 3.63) is 47.0 Å². The third-order valence-electron chi connectivity index (χ3n) is 3.62. The number of nitrogens with one attached hydrogen (secondary N) is 1. The number of hydrogen-bond donors (Lipinski definition) is 1. The average molecular weight is 361 g/mol. The molecule has 1 aliphatic rings. The van der Waals surface area contributed by atoms with Crippen LogP contribution in [0.15, 0.2) is 36.4 Å². The van der Waals surface area contributed by atoms with Crippen LogP contribution in [0.25, 0.3) is 11.0 Å². The van der Waals surface area contributed by atoms with Gasteiger partial charge in [-0.2, -0.15) is 0 Å². The van der Waals surface area contributed by atoms with Crippen LogP contribution in [0.4, 0.5) is 0 Å². The summed E-state index contributed by atoms with van der Waals surface area (Å²) in [7, 11) is 0. The molecule has 1 aliphatic heterocycles. The van der Waals surface area contributed by atoms with E-state index in [1.165, 1.54) is 4.85 Å². The van der Waals surface area contributed by atoms with Crippen molar-refractivity contribution in [3.8, 4) is 11.5 Å². The first-order valence-electron chi connectivity index (χ1n) is 7.48. The van der Waals surface area contributed by atoms with Gasteiger partial charge in [0.15, 0.2) is 18.1 Å². The van der Waals surface area contributed by atoms with Crippen molar-refractivity contribution in [2.75, 3.05) is 13.4 Å². The fourth-order valence-electron chi connectivity index (χ4n) is 2.39. The molecule has 9 heteroatoms. The summed E-state index contributed by atoms with van der Waals surface area (Å²) < 4.78 is 10.6. The van der Waals surface area contributed by atoms with Crippen molar-refractivity contribution in [3.63, 3.8) is 0 Å². The number of benzene rings is 2. The number of aromatic nitrogens is 3. The minimum Gasteiger partial charge on any atom is -0.454 e. The molecule has 2 heterocycles. The standard InChI is InChI=1S/C16H13ClN4O4/c17-11-2-3-12-13(6-11)21(20-19-12)25-8-16(22)18-7-10-1-4-14-15(5-10)24-9-23-14/h1-6H,7-9H2,(H,18,22). The highest BCUT2D eigenvalue weighted by Crippen LogP contribution is 2.32. The number of ether oxygens (including phenoxy) is 2. The minimum atomic E-state index is -0.289. The van der Waals surface area contributed by atoms with Gasteiger partial charge < -0.3 is 19.6 Å². The summed E-state index contributed by atoms with van der Waals surface area (Å²) in [6.07, 6.45) is 0. The maximum atomic E-state index is 12.0. The molecule has 0 aliphatic carbocycles. The average Bonchev–Trinajstić information content (AvgIpc) is 3.24. The summed E-state index contributed by atoms with van der Waals surface area (Å²) in [5, 5.41) is 11.1. The lowest BCUT2D eigenvalue weighted by Crippen LogP contribution is -2.31. The van der Waals surface area contributed by atoms with Crippen molar-refractivity contribution in [2.24, 2.45) is 0 Å². The fraction of sp³-hybridized carbons (Fsp3) is 0.188. The predicted octanol–water partition coefficient (Wildman–Crippen LogP) is 1.56. The summed E-state index contributed by atoms with van der Waals surface area (Å²) in [5.74, 6) is 1.09. The molecule has 1 aromatic heterocycles. The Balaban J connectivity index is 1.33. The van der Waals surface area contributed by atoms with E-state index in [1.54, 1.807) is 18.2 Å².